The van der Waals surface area contributed by atoms with E-state index in [0.717, 1.165) is 38.8 Å². The van der Waals surface area contributed by atoms with Crippen LogP contribution in [0.3, 0.4) is 0 Å². The number of likely N-dealkylation sites (tertiary alicyclic amines) is 1. The van der Waals surface area contributed by atoms with Crippen LogP contribution in [-0.4, -0.2) is 62.8 Å². The second kappa shape index (κ2) is 7.21. The minimum atomic E-state index is -3.49. The maximum atomic E-state index is 12.6. The number of benzene rings is 1. The Kier molecular flexibility index (Phi) is 5.22. The van der Waals surface area contributed by atoms with Crippen LogP contribution in [0.2, 0.25) is 0 Å². The smallest absolute Gasteiger partial charge is 0.251 e. The highest BCUT2D eigenvalue weighted by atomic mass is 32.2. The summed E-state index contributed by atoms with van der Waals surface area (Å²) in [5.41, 5.74) is 0.411. The van der Waals surface area contributed by atoms with Crippen molar-refractivity contribution in [1.29, 1.82) is 0 Å². The van der Waals surface area contributed by atoms with E-state index in [0.29, 0.717) is 18.7 Å². The summed E-state index contributed by atoms with van der Waals surface area (Å²) in [4.78, 5) is 14.9. The number of nitrogens with one attached hydrogen (secondary N) is 1. The van der Waals surface area contributed by atoms with Crippen LogP contribution in [0.15, 0.2) is 29.2 Å². The maximum absolute atomic E-state index is 12.6. The van der Waals surface area contributed by atoms with Gasteiger partial charge in [0.15, 0.2) is 0 Å². The van der Waals surface area contributed by atoms with Crippen LogP contribution in [0.25, 0.3) is 0 Å². The molecule has 1 N–H and O–H groups in total. The van der Waals surface area contributed by atoms with E-state index in [9.17, 15) is 13.2 Å². The van der Waals surface area contributed by atoms with Gasteiger partial charge in [0.05, 0.1) is 4.90 Å². The number of hydrogen-bond acceptors (Lipinski definition) is 4. The molecule has 1 amide bonds. The Hall–Kier alpha value is -1.44. The van der Waals surface area contributed by atoms with Crippen molar-refractivity contribution < 1.29 is 13.2 Å². The molecular formula is C17H25N3O3S. The molecule has 1 aromatic carbocycles. The molecular weight excluding hydrogens is 326 g/mol. The minimum Gasteiger partial charge on any atom is -0.349 e. The number of piperidine rings is 1. The van der Waals surface area contributed by atoms with Crippen molar-refractivity contribution in [1.82, 2.24) is 14.5 Å². The molecule has 2 heterocycles. The van der Waals surface area contributed by atoms with E-state index in [2.05, 4.69) is 17.3 Å². The third-order valence-electron chi connectivity index (χ3n) is 4.85. The Morgan fingerprint density at radius 2 is 1.79 bits per heavy atom. The highest BCUT2D eigenvalue weighted by Crippen LogP contribution is 2.21. The molecule has 7 heteroatoms. The molecule has 2 saturated heterocycles. The largest absolute Gasteiger partial charge is 0.349 e. The summed E-state index contributed by atoms with van der Waals surface area (Å²) in [6.07, 6.45) is 3.65. The number of nitrogens with zero attached hydrogens (tertiary/aromatic N) is 2. The molecule has 0 atom stereocenters. The van der Waals surface area contributed by atoms with Gasteiger partial charge in [-0.1, -0.05) is 6.07 Å². The first-order valence-electron chi connectivity index (χ1n) is 8.56. The first-order chi connectivity index (χ1) is 11.5. The van der Waals surface area contributed by atoms with Crippen molar-refractivity contribution in [2.24, 2.45) is 0 Å². The molecule has 0 aliphatic carbocycles. The monoisotopic (exact) mass is 351 g/mol. The number of rotatable bonds is 4. The van der Waals surface area contributed by atoms with Crippen molar-refractivity contribution in [3.05, 3.63) is 29.8 Å². The van der Waals surface area contributed by atoms with Crippen molar-refractivity contribution in [2.45, 2.75) is 36.6 Å². The lowest BCUT2D eigenvalue weighted by Crippen LogP contribution is -2.43. The van der Waals surface area contributed by atoms with Gasteiger partial charge in [-0.25, -0.2) is 8.42 Å². The molecule has 3 rings (SSSR count). The zero-order valence-electron chi connectivity index (χ0n) is 14.1. The van der Waals surface area contributed by atoms with Gasteiger partial charge in [0, 0.05) is 24.7 Å². The standard InChI is InChI=1S/C17H25N3O3S/c1-19-11-7-15(8-12-19)18-17(21)14-5-4-6-16(13-14)24(22,23)20-9-2-3-10-20/h4-6,13,15H,2-3,7-12H2,1H3,(H,18,21). The fourth-order valence-electron chi connectivity index (χ4n) is 3.30. The van der Waals surface area contributed by atoms with E-state index in [1.54, 1.807) is 18.2 Å². The maximum Gasteiger partial charge on any atom is 0.251 e. The van der Waals surface area contributed by atoms with E-state index < -0.39 is 10.0 Å². The number of amides is 1. The Labute approximate surface area is 143 Å². The number of sulfonamides is 1. The van der Waals surface area contributed by atoms with Gasteiger partial charge in [-0.05, 0) is 64.0 Å². The average molecular weight is 351 g/mol. The summed E-state index contributed by atoms with van der Waals surface area (Å²) in [7, 11) is -1.41. The van der Waals surface area contributed by atoms with Crippen LogP contribution >= 0.6 is 0 Å². The molecule has 6 nitrogen and oxygen atoms in total. The van der Waals surface area contributed by atoms with Gasteiger partial charge in [-0.15, -0.1) is 0 Å². The lowest BCUT2D eigenvalue weighted by molar-refractivity contribution is 0.0916. The summed E-state index contributed by atoms with van der Waals surface area (Å²) >= 11 is 0. The Morgan fingerprint density at radius 3 is 2.46 bits per heavy atom. The number of hydrogen-bond donors (Lipinski definition) is 1. The Balaban J connectivity index is 1.71. The molecule has 1 aromatic rings. The zero-order chi connectivity index (χ0) is 17.2. The van der Waals surface area contributed by atoms with Crippen LogP contribution in [0.1, 0.15) is 36.0 Å². The highest BCUT2D eigenvalue weighted by Gasteiger charge is 2.28. The van der Waals surface area contributed by atoms with Crippen LogP contribution in [-0.2, 0) is 10.0 Å². The fourth-order valence-corrected chi connectivity index (χ4v) is 4.86. The second-order valence-electron chi connectivity index (χ2n) is 6.69. The summed E-state index contributed by atoms with van der Waals surface area (Å²) in [6, 6.07) is 6.55. The summed E-state index contributed by atoms with van der Waals surface area (Å²) in [6.45, 7) is 3.06. The first kappa shape index (κ1) is 17.4. The lowest BCUT2D eigenvalue weighted by Gasteiger charge is -2.29. The van der Waals surface area contributed by atoms with E-state index in [1.807, 2.05) is 0 Å². The van der Waals surface area contributed by atoms with Gasteiger partial charge in [-0.3, -0.25) is 4.79 Å². The predicted octanol–water partition coefficient (Wildman–Crippen LogP) is 1.30. The zero-order valence-corrected chi connectivity index (χ0v) is 14.9. The molecule has 2 aliphatic heterocycles. The molecule has 0 spiro atoms. The topological polar surface area (TPSA) is 69.7 Å². The normalized spacial score (nSPS) is 21.0. The predicted molar refractivity (Wildman–Crippen MR) is 92.4 cm³/mol. The molecule has 132 valence electrons. The molecule has 0 unspecified atom stereocenters. The summed E-state index contributed by atoms with van der Waals surface area (Å²) in [5.74, 6) is -0.192. The summed E-state index contributed by atoms with van der Waals surface area (Å²) < 4.78 is 26.7. The van der Waals surface area contributed by atoms with Crippen LogP contribution in [0.4, 0.5) is 0 Å². The third-order valence-corrected chi connectivity index (χ3v) is 6.75. The summed E-state index contributed by atoms with van der Waals surface area (Å²) in [5, 5.41) is 3.03. The highest BCUT2D eigenvalue weighted by molar-refractivity contribution is 7.89. The van der Waals surface area contributed by atoms with E-state index >= 15 is 0 Å². The lowest BCUT2D eigenvalue weighted by atomic mass is 10.0. The minimum absolute atomic E-state index is 0.160. The SMILES string of the molecule is CN1CCC(NC(=O)c2cccc(S(=O)(=O)N3CCCC3)c2)CC1. The van der Waals surface area contributed by atoms with Gasteiger partial charge in [0.2, 0.25) is 10.0 Å². The van der Waals surface area contributed by atoms with E-state index in [1.165, 1.54) is 10.4 Å². The van der Waals surface area contributed by atoms with E-state index in [4.69, 9.17) is 0 Å². The quantitative estimate of drug-likeness (QED) is 0.888. The van der Waals surface area contributed by atoms with Gasteiger partial charge >= 0.3 is 0 Å². The Morgan fingerprint density at radius 1 is 1.12 bits per heavy atom. The average Bonchev–Trinajstić information content (AvgIpc) is 3.12. The van der Waals surface area contributed by atoms with Gasteiger partial charge < -0.3 is 10.2 Å². The molecule has 2 aliphatic rings. The van der Waals surface area contributed by atoms with E-state index in [-0.39, 0.29) is 16.8 Å². The van der Waals surface area contributed by atoms with Crippen molar-refractivity contribution >= 4 is 15.9 Å². The molecule has 0 radical (unpaired) electrons. The van der Waals surface area contributed by atoms with Gasteiger partial charge in [-0.2, -0.15) is 4.31 Å². The third kappa shape index (κ3) is 3.79. The van der Waals surface area contributed by atoms with Crippen LogP contribution in [0, 0.1) is 0 Å². The first-order valence-corrected chi connectivity index (χ1v) is 10.0. The van der Waals surface area contributed by atoms with Crippen LogP contribution in [0.5, 0.6) is 0 Å². The second-order valence-corrected chi connectivity index (χ2v) is 8.63. The molecule has 0 aromatic heterocycles. The van der Waals surface area contributed by atoms with Crippen molar-refractivity contribution in [2.75, 3.05) is 33.2 Å². The number of carbonyl (C=O) groups is 1. The molecule has 0 saturated carbocycles. The van der Waals surface area contributed by atoms with Crippen molar-refractivity contribution in [3.63, 3.8) is 0 Å². The van der Waals surface area contributed by atoms with Crippen LogP contribution < -0.4 is 5.32 Å². The van der Waals surface area contributed by atoms with Gasteiger partial charge in [0.25, 0.3) is 5.91 Å². The van der Waals surface area contributed by atoms with Crippen molar-refractivity contribution in [3.8, 4) is 0 Å². The molecule has 24 heavy (non-hydrogen) atoms. The number of carbonyl (C=O) groups excluding carboxylic acids is 1. The molecule has 2 fully saturated rings. The Bertz CT molecular complexity index is 691. The fraction of sp³-hybridized carbons (Fsp3) is 0.588. The van der Waals surface area contributed by atoms with Gasteiger partial charge in [0.1, 0.15) is 0 Å². The molecule has 0 bridgehead atoms.